The van der Waals surface area contributed by atoms with Crippen LogP contribution in [-0.2, 0) is 18.5 Å². The van der Waals surface area contributed by atoms with Crippen molar-refractivity contribution in [1.29, 1.82) is 0 Å². The first-order chi connectivity index (χ1) is 10.3. The highest BCUT2D eigenvalue weighted by Gasteiger charge is 2.26. The van der Waals surface area contributed by atoms with Crippen LogP contribution in [0.25, 0.3) is 0 Å². The third-order valence-electron chi connectivity index (χ3n) is 3.30. The second-order valence-electron chi connectivity index (χ2n) is 4.83. The van der Waals surface area contributed by atoms with Crippen LogP contribution >= 0.6 is 9.03 Å². The van der Waals surface area contributed by atoms with Gasteiger partial charge in [0.25, 0.3) is 0 Å². The largest absolute Gasteiger partial charge is 0.497 e. The monoisotopic (exact) mass is 330 g/mol. The molecular weight excluding hydrogens is 303 g/mol. The van der Waals surface area contributed by atoms with Gasteiger partial charge in [-0.3, -0.25) is 0 Å². The molecule has 1 heterocycles. The molecule has 0 radical (unpaired) electrons. The van der Waals surface area contributed by atoms with Crippen molar-refractivity contribution in [2.24, 2.45) is 0 Å². The molecular formula is C16H27O5P. The molecule has 3 unspecified atom stereocenters. The summed E-state index contributed by atoms with van der Waals surface area (Å²) in [5, 5.41) is 0. The Morgan fingerprint density at radius 2 is 1.95 bits per heavy atom. The van der Waals surface area contributed by atoms with Gasteiger partial charge in [-0.15, -0.1) is 0 Å². The van der Waals surface area contributed by atoms with Gasteiger partial charge in [0, 0.05) is 12.7 Å². The van der Waals surface area contributed by atoms with Crippen LogP contribution in [0.5, 0.6) is 5.75 Å². The third kappa shape index (κ3) is 6.19. The highest BCUT2D eigenvalue weighted by atomic mass is 31.1. The zero-order valence-corrected chi connectivity index (χ0v) is 13.5. The van der Waals surface area contributed by atoms with E-state index in [-0.39, 0.29) is 28.9 Å². The Balaban J connectivity index is 0.00000242. The van der Waals surface area contributed by atoms with Gasteiger partial charge in [-0.1, -0.05) is 19.6 Å². The van der Waals surface area contributed by atoms with Crippen LogP contribution in [0.4, 0.5) is 0 Å². The maximum atomic E-state index is 5.92. The molecule has 1 saturated heterocycles. The normalized spacial score (nSPS) is 21.2. The summed E-state index contributed by atoms with van der Waals surface area (Å²) in [7, 11) is 3.44. The van der Waals surface area contributed by atoms with Gasteiger partial charge in [-0.25, -0.2) is 0 Å². The van der Waals surface area contributed by atoms with Crippen LogP contribution in [0, 0.1) is 0 Å². The van der Waals surface area contributed by atoms with Crippen molar-refractivity contribution in [2.75, 3.05) is 27.4 Å². The lowest BCUT2D eigenvalue weighted by molar-refractivity contribution is -0.0614. The summed E-state index contributed by atoms with van der Waals surface area (Å²) in [4.78, 5) is 0. The molecule has 0 saturated carbocycles. The number of rotatable bonds is 9. The molecule has 0 aliphatic carbocycles. The minimum Gasteiger partial charge on any atom is -0.497 e. The molecule has 1 aromatic rings. The molecule has 22 heavy (non-hydrogen) atoms. The molecule has 0 aromatic heterocycles. The topological polar surface area (TPSA) is 46.2 Å². The lowest BCUT2D eigenvalue weighted by Gasteiger charge is -2.12. The summed E-state index contributed by atoms with van der Waals surface area (Å²) in [5.74, 6) is 0.838. The summed E-state index contributed by atoms with van der Waals surface area (Å²) < 4.78 is 26.9. The third-order valence-corrected chi connectivity index (χ3v) is 3.79. The van der Waals surface area contributed by atoms with Crippen molar-refractivity contribution in [3.05, 3.63) is 29.8 Å². The average Bonchev–Trinajstić information content (AvgIpc) is 3.00. The van der Waals surface area contributed by atoms with Gasteiger partial charge in [0.05, 0.1) is 26.4 Å². The molecule has 0 amide bonds. The molecule has 6 heteroatoms. The zero-order valence-electron chi connectivity index (χ0n) is 12.5. The van der Waals surface area contributed by atoms with Crippen molar-refractivity contribution in [3.8, 4) is 5.75 Å². The van der Waals surface area contributed by atoms with E-state index in [4.69, 9.17) is 23.3 Å². The second kappa shape index (κ2) is 10.9. The Bertz CT molecular complexity index is 398. The van der Waals surface area contributed by atoms with Gasteiger partial charge in [0.1, 0.15) is 5.75 Å². The first-order valence-corrected chi connectivity index (χ1v) is 7.96. The van der Waals surface area contributed by atoms with Gasteiger partial charge in [-0.05, 0) is 31.4 Å². The first-order valence-electron chi connectivity index (χ1n) is 7.14. The molecule has 1 aliphatic heterocycles. The van der Waals surface area contributed by atoms with E-state index in [9.17, 15) is 0 Å². The van der Waals surface area contributed by atoms with Gasteiger partial charge < -0.3 is 23.3 Å². The Morgan fingerprint density at radius 3 is 2.64 bits per heavy atom. The lowest BCUT2D eigenvalue weighted by Crippen LogP contribution is -2.09. The fraction of sp³-hybridized carbons (Fsp3) is 0.625. The zero-order chi connectivity index (χ0) is 14.9. The molecule has 1 aromatic carbocycles. The van der Waals surface area contributed by atoms with Crippen molar-refractivity contribution in [2.45, 2.75) is 39.1 Å². The van der Waals surface area contributed by atoms with Crippen LogP contribution in [0.3, 0.4) is 0 Å². The molecule has 0 N–H and O–H groups in total. The first kappa shape index (κ1) is 19.3. The number of unbranched alkanes of at least 4 members (excludes halogenated alkanes) is 1. The molecule has 0 bridgehead atoms. The minimum atomic E-state index is -0.257. The summed E-state index contributed by atoms with van der Waals surface area (Å²) in [5.41, 5.74) is 1.03. The predicted octanol–water partition coefficient (Wildman–Crippen LogP) is 4.09. The quantitative estimate of drug-likeness (QED) is 0.504. The fourth-order valence-corrected chi connectivity index (χ4v) is 2.53. The van der Waals surface area contributed by atoms with E-state index < -0.39 is 0 Å². The molecule has 1 fully saturated rings. The predicted molar refractivity (Wildman–Crippen MR) is 88.4 cm³/mol. The summed E-state index contributed by atoms with van der Waals surface area (Å²) in [6.45, 7) is 1.39. The van der Waals surface area contributed by atoms with E-state index >= 15 is 0 Å². The van der Waals surface area contributed by atoms with Crippen LogP contribution in [0.15, 0.2) is 24.3 Å². The Hall–Kier alpha value is -0.710. The van der Waals surface area contributed by atoms with E-state index in [2.05, 4.69) is 0 Å². The van der Waals surface area contributed by atoms with E-state index in [1.54, 1.807) is 14.2 Å². The number of benzene rings is 1. The fourth-order valence-electron chi connectivity index (χ4n) is 2.18. The van der Waals surface area contributed by atoms with Gasteiger partial charge in [0.2, 0.25) is 0 Å². The molecule has 5 nitrogen and oxygen atoms in total. The smallest absolute Gasteiger partial charge is 0.184 e. The highest BCUT2D eigenvalue weighted by molar-refractivity contribution is 7.26. The van der Waals surface area contributed by atoms with Crippen molar-refractivity contribution < 1.29 is 23.3 Å². The molecule has 1 aliphatic rings. The number of ether oxygens (including phenoxy) is 3. The summed E-state index contributed by atoms with van der Waals surface area (Å²) in [6, 6.07) is 7.80. The number of hydrogen-bond acceptors (Lipinski definition) is 5. The van der Waals surface area contributed by atoms with Crippen molar-refractivity contribution in [3.63, 3.8) is 0 Å². The van der Waals surface area contributed by atoms with E-state index in [0.717, 1.165) is 37.2 Å². The summed E-state index contributed by atoms with van der Waals surface area (Å²) in [6.07, 6.45) is 2.99. The molecule has 126 valence electrons. The Labute approximate surface area is 135 Å². The Morgan fingerprint density at radius 1 is 1.18 bits per heavy atom. The molecule has 3 atom stereocenters. The number of hydrogen-bond donors (Lipinski definition) is 0. The van der Waals surface area contributed by atoms with Crippen molar-refractivity contribution >= 4 is 9.03 Å². The van der Waals surface area contributed by atoms with Crippen LogP contribution < -0.4 is 4.74 Å². The standard InChI is InChI=1S/C15H23O5P.CH4/c1-16-13-8-6-12(7-9-13)15-18-11-14(20-15)5-3-4-10-19-21-17-2;/h6-9,14-15,21H,3-5,10-11H2,1-2H3;1H4. The maximum Gasteiger partial charge on any atom is 0.184 e. The Kier molecular flexibility index (Phi) is 9.60. The average molecular weight is 330 g/mol. The van der Waals surface area contributed by atoms with E-state index in [1.165, 1.54) is 0 Å². The minimum absolute atomic E-state index is 0. The van der Waals surface area contributed by atoms with Gasteiger partial charge in [0.15, 0.2) is 15.3 Å². The van der Waals surface area contributed by atoms with E-state index in [0.29, 0.717) is 6.61 Å². The van der Waals surface area contributed by atoms with E-state index in [1.807, 2.05) is 24.3 Å². The van der Waals surface area contributed by atoms with Crippen molar-refractivity contribution in [1.82, 2.24) is 0 Å². The molecule has 0 spiro atoms. The van der Waals surface area contributed by atoms with Crippen LogP contribution in [0.1, 0.15) is 38.5 Å². The highest BCUT2D eigenvalue weighted by Crippen LogP contribution is 2.30. The van der Waals surface area contributed by atoms with Crippen LogP contribution in [-0.4, -0.2) is 33.5 Å². The van der Waals surface area contributed by atoms with Gasteiger partial charge in [-0.2, -0.15) is 0 Å². The SMILES string of the molecule is C.COPOCCCCC1COC(c2ccc(OC)cc2)O1. The molecule has 2 rings (SSSR count). The lowest BCUT2D eigenvalue weighted by atomic mass is 10.2. The second-order valence-corrected chi connectivity index (χ2v) is 5.69. The van der Waals surface area contributed by atoms with Crippen LogP contribution in [0.2, 0.25) is 0 Å². The maximum absolute atomic E-state index is 5.92. The summed E-state index contributed by atoms with van der Waals surface area (Å²) >= 11 is 0. The number of methoxy groups -OCH3 is 1. The van der Waals surface area contributed by atoms with Gasteiger partial charge >= 0.3 is 0 Å².